The molecule has 1 heterocycles. The molecule has 3 aromatic rings. The van der Waals surface area contributed by atoms with Crippen molar-refractivity contribution in [1.82, 2.24) is 4.98 Å². The minimum absolute atomic E-state index is 0.0103. The van der Waals surface area contributed by atoms with E-state index in [1.807, 2.05) is 0 Å². The molecule has 0 fully saturated rings. The Morgan fingerprint density at radius 2 is 1.77 bits per heavy atom. The highest BCUT2D eigenvalue weighted by molar-refractivity contribution is 7.20. The third-order valence-electron chi connectivity index (χ3n) is 4.02. The Hall–Kier alpha value is -3.63. The number of benzene rings is 2. The molecule has 0 bridgehead atoms. The molecular weight excluding hydrogens is 406 g/mol. The normalized spacial score (nSPS) is 10.3. The molecule has 0 radical (unpaired) electrons. The van der Waals surface area contributed by atoms with Crippen molar-refractivity contribution in [3.05, 3.63) is 59.8 Å². The summed E-state index contributed by atoms with van der Waals surface area (Å²) in [6.45, 7) is 0.425. The minimum atomic E-state index is -0.743. The van der Waals surface area contributed by atoms with E-state index in [9.17, 15) is 9.59 Å². The number of carbonyl (C=O) groups is 2. The zero-order chi connectivity index (χ0) is 21.5. The van der Waals surface area contributed by atoms with Gasteiger partial charge in [0, 0.05) is 23.5 Å². The molecule has 0 spiro atoms. The van der Waals surface area contributed by atoms with E-state index in [-0.39, 0.29) is 17.3 Å². The summed E-state index contributed by atoms with van der Waals surface area (Å²) in [6, 6.07) is 13.9. The molecule has 0 atom stereocenters. The molecule has 156 valence electrons. The van der Waals surface area contributed by atoms with Gasteiger partial charge in [0.1, 0.15) is 10.8 Å². The van der Waals surface area contributed by atoms with Gasteiger partial charge in [-0.25, -0.2) is 4.98 Å². The second-order valence-corrected chi connectivity index (χ2v) is 7.10. The van der Waals surface area contributed by atoms with Crippen LogP contribution < -0.4 is 26.4 Å². The molecule has 0 saturated heterocycles. The van der Waals surface area contributed by atoms with Crippen LogP contribution in [-0.2, 0) is 0 Å². The Kier molecular flexibility index (Phi) is 6.83. The van der Waals surface area contributed by atoms with Gasteiger partial charge in [-0.15, -0.1) is 0 Å². The number of thiazole rings is 1. The van der Waals surface area contributed by atoms with E-state index < -0.39 is 11.8 Å². The summed E-state index contributed by atoms with van der Waals surface area (Å²) in [5.41, 5.74) is 7.32. The standard InChI is InChI=1S/C20H21N5O4S/c1-29-15-8-6-14(7-9-15)23-20-24-16(17(21)27)19(30-20)25-18(28)12-2-4-13(5-3-12)22-10-11-26/h2-9,22,26H,10-11H2,1H3,(H2,21,27)(H,23,24)(H,25,28). The maximum atomic E-state index is 12.6. The second-order valence-electron chi connectivity index (χ2n) is 6.10. The van der Waals surface area contributed by atoms with E-state index in [0.29, 0.717) is 23.0 Å². The maximum absolute atomic E-state index is 12.6. The van der Waals surface area contributed by atoms with Crippen molar-refractivity contribution in [3.8, 4) is 5.75 Å². The van der Waals surface area contributed by atoms with Crippen molar-refractivity contribution in [3.63, 3.8) is 0 Å². The summed E-state index contributed by atoms with van der Waals surface area (Å²) < 4.78 is 5.12. The number of methoxy groups -OCH3 is 1. The van der Waals surface area contributed by atoms with Gasteiger partial charge >= 0.3 is 0 Å². The van der Waals surface area contributed by atoms with Gasteiger partial charge < -0.3 is 31.5 Å². The van der Waals surface area contributed by atoms with Crippen LogP contribution in [-0.4, -0.2) is 42.2 Å². The highest BCUT2D eigenvalue weighted by Gasteiger charge is 2.19. The molecule has 0 saturated carbocycles. The van der Waals surface area contributed by atoms with E-state index in [1.54, 1.807) is 55.6 Å². The number of nitrogens with two attached hydrogens (primary N) is 1. The van der Waals surface area contributed by atoms with Gasteiger partial charge in [-0.05, 0) is 48.5 Å². The Morgan fingerprint density at radius 1 is 1.10 bits per heavy atom. The predicted octanol–water partition coefficient (Wildman–Crippen LogP) is 2.65. The molecule has 3 rings (SSSR count). The van der Waals surface area contributed by atoms with Crippen molar-refractivity contribution in [2.24, 2.45) is 5.73 Å². The number of anilines is 4. The Balaban J connectivity index is 1.74. The topological polar surface area (TPSA) is 139 Å². The minimum Gasteiger partial charge on any atom is -0.497 e. The summed E-state index contributed by atoms with van der Waals surface area (Å²) in [4.78, 5) is 28.5. The van der Waals surface area contributed by atoms with Crippen LogP contribution in [0.1, 0.15) is 20.8 Å². The lowest BCUT2D eigenvalue weighted by atomic mass is 10.2. The molecule has 1 aromatic heterocycles. The van der Waals surface area contributed by atoms with E-state index in [2.05, 4.69) is 20.9 Å². The Morgan fingerprint density at radius 3 is 2.37 bits per heavy atom. The number of primary amides is 1. The molecule has 0 aliphatic heterocycles. The van der Waals surface area contributed by atoms with Gasteiger partial charge in [0.15, 0.2) is 10.8 Å². The first-order chi connectivity index (χ1) is 14.5. The van der Waals surface area contributed by atoms with Gasteiger partial charge in [0.25, 0.3) is 11.8 Å². The molecule has 6 N–H and O–H groups in total. The molecule has 9 nitrogen and oxygen atoms in total. The summed E-state index contributed by atoms with van der Waals surface area (Å²) in [7, 11) is 1.58. The van der Waals surface area contributed by atoms with Crippen LogP contribution in [0.25, 0.3) is 0 Å². The number of hydrogen-bond acceptors (Lipinski definition) is 8. The fraction of sp³-hybridized carbons (Fsp3) is 0.150. The molecule has 10 heteroatoms. The Labute approximate surface area is 176 Å². The monoisotopic (exact) mass is 427 g/mol. The third kappa shape index (κ3) is 5.25. The van der Waals surface area contributed by atoms with Crippen molar-refractivity contribution in [1.29, 1.82) is 0 Å². The lowest BCUT2D eigenvalue weighted by molar-refractivity contribution is 0.0997. The zero-order valence-electron chi connectivity index (χ0n) is 16.1. The second kappa shape index (κ2) is 9.72. The predicted molar refractivity (Wildman–Crippen MR) is 117 cm³/mol. The molecule has 0 aliphatic carbocycles. The smallest absolute Gasteiger partial charge is 0.270 e. The summed E-state index contributed by atoms with van der Waals surface area (Å²) >= 11 is 1.10. The number of aliphatic hydroxyl groups is 1. The molecule has 0 aliphatic rings. The highest BCUT2D eigenvalue weighted by atomic mass is 32.1. The lowest BCUT2D eigenvalue weighted by Crippen LogP contribution is -2.17. The number of amides is 2. The molecule has 0 unspecified atom stereocenters. The zero-order valence-corrected chi connectivity index (χ0v) is 17.0. The molecular formula is C20H21N5O4S. The Bertz CT molecular complexity index is 1020. The number of aromatic nitrogens is 1. The summed E-state index contributed by atoms with van der Waals surface area (Å²) in [6.07, 6.45) is 0. The lowest BCUT2D eigenvalue weighted by Gasteiger charge is -2.06. The van der Waals surface area contributed by atoms with Gasteiger partial charge in [0.05, 0.1) is 13.7 Å². The van der Waals surface area contributed by atoms with Gasteiger partial charge in [-0.2, -0.15) is 0 Å². The van der Waals surface area contributed by atoms with Gasteiger partial charge in [-0.3, -0.25) is 9.59 Å². The first kappa shape index (κ1) is 21.1. The van der Waals surface area contributed by atoms with Crippen LogP contribution >= 0.6 is 11.3 Å². The SMILES string of the molecule is COc1ccc(Nc2nc(C(N)=O)c(NC(=O)c3ccc(NCCO)cc3)s2)cc1. The number of rotatable bonds is 9. The van der Waals surface area contributed by atoms with Crippen LogP contribution in [0.2, 0.25) is 0 Å². The first-order valence-corrected chi connectivity index (χ1v) is 9.79. The largest absolute Gasteiger partial charge is 0.497 e. The van der Waals surface area contributed by atoms with Crippen LogP contribution in [0.4, 0.5) is 21.5 Å². The van der Waals surface area contributed by atoms with Crippen molar-refractivity contribution >= 4 is 44.7 Å². The van der Waals surface area contributed by atoms with E-state index in [4.69, 9.17) is 15.6 Å². The number of nitrogens with one attached hydrogen (secondary N) is 3. The summed E-state index contributed by atoms with van der Waals surface area (Å²) in [5.74, 6) is -0.429. The first-order valence-electron chi connectivity index (χ1n) is 8.98. The maximum Gasteiger partial charge on any atom is 0.270 e. The number of aliphatic hydroxyl groups excluding tert-OH is 1. The molecule has 30 heavy (non-hydrogen) atoms. The van der Waals surface area contributed by atoms with Crippen LogP contribution in [0.3, 0.4) is 0 Å². The third-order valence-corrected chi connectivity index (χ3v) is 4.90. The average Bonchev–Trinajstić information content (AvgIpc) is 3.15. The fourth-order valence-corrected chi connectivity index (χ4v) is 3.42. The van der Waals surface area contributed by atoms with E-state index in [0.717, 1.165) is 22.7 Å². The van der Waals surface area contributed by atoms with Crippen LogP contribution in [0.5, 0.6) is 5.75 Å². The van der Waals surface area contributed by atoms with Crippen molar-refractivity contribution < 1.29 is 19.4 Å². The number of nitrogens with zero attached hydrogens (tertiary/aromatic N) is 1. The van der Waals surface area contributed by atoms with Gasteiger partial charge in [-0.1, -0.05) is 11.3 Å². The van der Waals surface area contributed by atoms with E-state index >= 15 is 0 Å². The fourth-order valence-electron chi connectivity index (χ4n) is 2.54. The van der Waals surface area contributed by atoms with Crippen LogP contribution in [0.15, 0.2) is 48.5 Å². The molecule has 2 aromatic carbocycles. The average molecular weight is 427 g/mol. The van der Waals surface area contributed by atoms with E-state index in [1.165, 1.54) is 0 Å². The quantitative estimate of drug-likeness (QED) is 0.354. The highest BCUT2D eigenvalue weighted by Crippen LogP contribution is 2.31. The van der Waals surface area contributed by atoms with Crippen molar-refractivity contribution in [2.75, 3.05) is 36.2 Å². The van der Waals surface area contributed by atoms with Gasteiger partial charge in [0.2, 0.25) is 0 Å². The number of hydrogen-bond donors (Lipinski definition) is 5. The number of carbonyl (C=O) groups excluding carboxylic acids is 2. The number of ether oxygens (including phenoxy) is 1. The summed E-state index contributed by atoms with van der Waals surface area (Å²) in [5, 5.41) is 18.3. The molecule has 2 amide bonds. The van der Waals surface area contributed by atoms with Crippen LogP contribution in [0, 0.1) is 0 Å². The van der Waals surface area contributed by atoms with Crippen molar-refractivity contribution in [2.45, 2.75) is 0 Å².